The molecule has 3 aliphatic heterocycles. The van der Waals surface area contributed by atoms with Gasteiger partial charge in [-0.1, -0.05) is 0 Å². The summed E-state index contributed by atoms with van der Waals surface area (Å²) in [7, 11) is 2.80. The Bertz CT molecular complexity index is 1450. The van der Waals surface area contributed by atoms with E-state index in [9.17, 15) is 14.4 Å². The van der Waals surface area contributed by atoms with Crippen molar-refractivity contribution in [3.63, 3.8) is 0 Å². The molecule has 3 aromatic rings. The first kappa shape index (κ1) is 21.5. The van der Waals surface area contributed by atoms with Gasteiger partial charge in [-0.05, 0) is 0 Å². The second-order valence-electron chi connectivity index (χ2n) is 9.12. The predicted molar refractivity (Wildman–Crippen MR) is 133 cm³/mol. The average Bonchev–Trinajstić information content (AvgIpc) is 3.24. The topological polar surface area (TPSA) is 60.9 Å². The van der Waals surface area contributed by atoms with Crippen LogP contribution < -0.4 is 4.90 Å². The van der Waals surface area contributed by atoms with E-state index in [1.807, 2.05) is 0 Å². The molecular formula is C26H21N3O3SSe. The third kappa shape index (κ3) is 2.79. The number of anilines is 3. The van der Waals surface area contributed by atoms with Gasteiger partial charge in [0.15, 0.2) is 0 Å². The summed E-state index contributed by atoms with van der Waals surface area (Å²) in [6, 6.07) is 16.5. The number of hydrogen-bond donors (Lipinski definition) is 0. The van der Waals surface area contributed by atoms with Crippen molar-refractivity contribution in [3.8, 4) is 0 Å². The molecule has 0 spiro atoms. The summed E-state index contributed by atoms with van der Waals surface area (Å²) in [5.74, 6) is -1.11. The van der Waals surface area contributed by atoms with E-state index in [4.69, 9.17) is 0 Å². The normalized spacial score (nSPS) is 18.1. The molecule has 0 unspecified atom stereocenters. The maximum absolute atomic E-state index is 12.7. The number of amides is 4. The molecule has 3 aliphatic rings. The van der Waals surface area contributed by atoms with Gasteiger partial charge in [-0.3, -0.25) is 0 Å². The fourth-order valence-corrected chi connectivity index (χ4v) is 8.76. The van der Waals surface area contributed by atoms with Crippen LogP contribution in [-0.4, -0.2) is 56.2 Å². The van der Waals surface area contributed by atoms with Gasteiger partial charge in [-0.15, -0.1) is 0 Å². The van der Waals surface area contributed by atoms with Gasteiger partial charge < -0.3 is 0 Å². The fourth-order valence-electron chi connectivity index (χ4n) is 4.93. The molecule has 2 aromatic carbocycles. The van der Waals surface area contributed by atoms with Gasteiger partial charge in [0.1, 0.15) is 0 Å². The van der Waals surface area contributed by atoms with Gasteiger partial charge >= 0.3 is 208 Å². The van der Waals surface area contributed by atoms with Gasteiger partial charge in [-0.25, -0.2) is 0 Å². The Morgan fingerprint density at radius 3 is 2.29 bits per heavy atom. The molecule has 34 heavy (non-hydrogen) atoms. The number of carbonyl (C=O) groups is 3. The molecule has 6 nitrogen and oxygen atoms in total. The quantitative estimate of drug-likeness (QED) is 0.200. The molecule has 1 saturated heterocycles. The second kappa shape index (κ2) is 7.22. The van der Waals surface area contributed by atoms with Crippen LogP contribution in [0.2, 0.25) is 0 Å². The van der Waals surface area contributed by atoms with E-state index in [1.165, 1.54) is 46.1 Å². The molecule has 6 rings (SSSR count). The Kier molecular flexibility index (Phi) is 4.56. The van der Waals surface area contributed by atoms with Gasteiger partial charge in [0, 0.05) is 0 Å². The number of benzene rings is 2. The second-order valence-corrected chi connectivity index (χ2v) is 12.4. The molecule has 8 heteroatoms. The molecule has 0 N–H and O–H groups in total. The fraction of sp³-hybridized carbons (Fsp3) is 0.192. The third-order valence-electron chi connectivity index (χ3n) is 6.77. The van der Waals surface area contributed by atoms with E-state index in [1.54, 1.807) is 17.8 Å². The van der Waals surface area contributed by atoms with Crippen LogP contribution >= 0.6 is 11.8 Å². The maximum atomic E-state index is 12.7. The number of nitrogens with zero attached hydrogens (tertiary/aromatic N) is 3. The number of para-hydroxylation sites is 2. The van der Waals surface area contributed by atoms with E-state index in [0.717, 1.165) is 19.1 Å². The molecule has 0 radical (unpaired) electrons. The Hall–Kier alpha value is -3.06. The van der Waals surface area contributed by atoms with Gasteiger partial charge in [0.05, 0.1) is 0 Å². The zero-order valence-electron chi connectivity index (χ0n) is 19.1. The van der Waals surface area contributed by atoms with E-state index >= 15 is 0 Å². The minimum absolute atomic E-state index is 0.0287. The molecule has 0 atom stereocenters. The average molecular weight is 534 g/mol. The summed E-state index contributed by atoms with van der Waals surface area (Å²) in [6.07, 6.45) is 1.67. The Labute approximate surface area is 207 Å². The van der Waals surface area contributed by atoms with Crippen molar-refractivity contribution in [2.75, 3.05) is 19.0 Å². The van der Waals surface area contributed by atoms with Gasteiger partial charge in [0.25, 0.3) is 0 Å². The molecular weight excluding hydrogens is 513 g/mol. The van der Waals surface area contributed by atoms with E-state index < -0.39 is 17.8 Å². The van der Waals surface area contributed by atoms with Crippen LogP contribution in [0.4, 0.5) is 20.7 Å². The number of fused-ring (bicyclic) bond motifs is 4. The summed E-state index contributed by atoms with van der Waals surface area (Å²) in [5, 5.41) is 0. The number of barbiturate groups is 1. The van der Waals surface area contributed by atoms with Crippen molar-refractivity contribution >= 4 is 66.1 Å². The van der Waals surface area contributed by atoms with E-state index in [-0.39, 0.29) is 25.5 Å². The monoisotopic (exact) mass is 535 g/mol. The minimum atomic E-state index is -0.610. The number of hydrogen-bond acceptors (Lipinski definition) is 5. The van der Waals surface area contributed by atoms with Gasteiger partial charge in [0.2, 0.25) is 0 Å². The standard InChI is InChI=1S/C26H21N3O3SSe/c1-26(2)16-8-5-6-10-18(16)29-21-17(26)9-7-11-19(21)33-20-13-14(34-24(20)29)12-15-22(30)27(3)25(32)28(4)23(15)31/h5-13H,1-4H3. The van der Waals surface area contributed by atoms with Crippen molar-refractivity contribution in [3.05, 3.63) is 69.7 Å². The van der Waals surface area contributed by atoms with Crippen molar-refractivity contribution < 1.29 is 14.4 Å². The van der Waals surface area contributed by atoms with Crippen molar-refractivity contribution in [2.24, 2.45) is 0 Å². The zero-order valence-corrected chi connectivity index (χ0v) is 21.6. The zero-order chi connectivity index (χ0) is 23.9. The molecule has 1 fully saturated rings. The number of urea groups is 1. The molecule has 1 aromatic heterocycles. The van der Waals surface area contributed by atoms with Crippen LogP contribution in [0.1, 0.15) is 29.4 Å². The van der Waals surface area contributed by atoms with E-state index in [2.05, 4.69) is 67.3 Å². The Morgan fingerprint density at radius 2 is 1.56 bits per heavy atom. The number of rotatable bonds is 1. The summed E-state index contributed by atoms with van der Waals surface area (Å²) in [5.41, 5.74) is 4.89. The summed E-state index contributed by atoms with van der Waals surface area (Å²) in [6.45, 7) is 4.55. The Balaban J connectivity index is 1.52. The van der Waals surface area contributed by atoms with Gasteiger partial charge in [-0.2, -0.15) is 0 Å². The number of likely N-dealkylation sites (N-methyl/N-ethyl adjacent to an activating group) is 2. The predicted octanol–water partition coefficient (Wildman–Crippen LogP) is 4.75. The first-order chi connectivity index (χ1) is 16.2. The summed E-state index contributed by atoms with van der Waals surface area (Å²) >= 11 is 1.62. The van der Waals surface area contributed by atoms with Crippen molar-refractivity contribution in [1.29, 1.82) is 0 Å². The Morgan fingerprint density at radius 1 is 0.882 bits per heavy atom. The first-order valence-corrected chi connectivity index (χ1v) is 13.4. The summed E-state index contributed by atoms with van der Waals surface area (Å²) < 4.78 is 2.15. The van der Waals surface area contributed by atoms with Crippen LogP contribution in [0.5, 0.6) is 0 Å². The molecule has 0 bridgehead atoms. The molecule has 4 heterocycles. The van der Waals surface area contributed by atoms with Crippen LogP contribution in [0, 0.1) is 0 Å². The van der Waals surface area contributed by atoms with Crippen LogP contribution in [0.3, 0.4) is 0 Å². The number of carbonyl (C=O) groups excluding carboxylic acids is 3. The number of imide groups is 2. The van der Waals surface area contributed by atoms with Crippen LogP contribution in [-0.2, 0) is 15.0 Å². The third-order valence-corrected chi connectivity index (χ3v) is 10.4. The molecule has 0 aliphatic carbocycles. The van der Waals surface area contributed by atoms with Crippen LogP contribution in [0.25, 0.3) is 6.08 Å². The van der Waals surface area contributed by atoms with Crippen molar-refractivity contribution in [1.82, 2.24) is 9.80 Å². The molecule has 170 valence electrons. The SMILES string of the molecule is CN1C(=O)C(=Cc2cc3c([se]2)N2c4ccccc4C(C)(C)c4cccc(c42)S3)C(=O)N(C)C1=O. The van der Waals surface area contributed by atoms with Crippen molar-refractivity contribution in [2.45, 2.75) is 29.1 Å². The summed E-state index contributed by atoms with van der Waals surface area (Å²) in [4.78, 5) is 44.2. The molecule has 0 saturated carbocycles. The van der Waals surface area contributed by atoms with Crippen LogP contribution in [0.15, 0.2) is 63.9 Å². The molecule has 4 amide bonds. The van der Waals surface area contributed by atoms with E-state index in [0.29, 0.717) is 0 Å². The first-order valence-electron chi connectivity index (χ1n) is 10.9.